The van der Waals surface area contributed by atoms with E-state index in [1.165, 1.54) is 30.4 Å². The van der Waals surface area contributed by atoms with Crippen molar-refractivity contribution >= 4 is 12.2 Å². The van der Waals surface area contributed by atoms with Gasteiger partial charge >= 0.3 is 11.9 Å². The molecule has 0 fully saturated rings. The highest BCUT2D eigenvalue weighted by Crippen LogP contribution is 2.27. The molecule has 0 saturated heterocycles. The van der Waals surface area contributed by atoms with Crippen molar-refractivity contribution in [3.63, 3.8) is 0 Å². The van der Waals surface area contributed by atoms with Gasteiger partial charge in [-0.05, 0) is 42.5 Å². The van der Waals surface area contributed by atoms with Gasteiger partial charge in [0.1, 0.15) is 23.0 Å². The lowest BCUT2D eigenvalue weighted by Gasteiger charge is -2.05. The first kappa shape index (κ1) is 16.7. The van der Waals surface area contributed by atoms with Gasteiger partial charge in [0.25, 0.3) is 0 Å². The number of aromatic amines is 1. The lowest BCUT2D eigenvalue weighted by molar-refractivity contribution is -0.141. The molecule has 3 aromatic rings. The zero-order valence-electron chi connectivity index (χ0n) is 12.5. The van der Waals surface area contributed by atoms with Gasteiger partial charge in [-0.1, -0.05) is 12.1 Å². The molecule has 1 N–H and O–H groups in total. The Bertz CT molecular complexity index is 987. The van der Waals surface area contributed by atoms with Crippen LogP contribution in [0.5, 0.6) is 0 Å². The fourth-order valence-electron chi connectivity index (χ4n) is 2.12. The number of H-pyrrole nitrogens is 1. The molecule has 25 heavy (non-hydrogen) atoms. The molecule has 2 heterocycles. The van der Waals surface area contributed by atoms with Gasteiger partial charge in [0.2, 0.25) is 0 Å². The van der Waals surface area contributed by atoms with Crippen LogP contribution in [0, 0.1) is 5.82 Å². The van der Waals surface area contributed by atoms with E-state index in [0.29, 0.717) is 23.2 Å². The standard InChI is InChI=1S/C17H10F4N2O2/c18-11-3-1-2-10(8-11)14-7-6-13(25-14)5-4-12-9-15(17(19,20)21)23-16(24)22-12/h1-9H,(H,22,23,24)/b5-4+. The van der Waals surface area contributed by atoms with E-state index in [4.69, 9.17) is 4.42 Å². The third kappa shape index (κ3) is 4.03. The topological polar surface area (TPSA) is 58.9 Å². The van der Waals surface area contributed by atoms with Gasteiger partial charge in [0.15, 0.2) is 0 Å². The van der Waals surface area contributed by atoms with Crippen LogP contribution in [-0.4, -0.2) is 9.97 Å². The van der Waals surface area contributed by atoms with Gasteiger partial charge in [-0.2, -0.15) is 18.2 Å². The number of aromatic nitrogens is 2. The summed E-state index contributed by atoms with van der Waals surface area (Å²) in [6, 6.07) is 9.65. The van der Waals surface area contributed by atoms with Gasteiger partial charge in [0.05, 0.1) is 5.69 Å². The third-order valence-corrected chi connectivity index (χ3v) is 3.22. The number of nitrogens with zero attached hydrogens (tertiary/aromatic N) is 1. The molecule has 2 aromatic heterocycles. The Labute approximate surface area is 138 Å². The molecular weight excluding hydrogens is 340 g/mol. The van der Waals surface area contributed by atoms with Gasteiger partial charge in [-0.15, -0.1) is 0 Å². The predicted molar refractivity (Wildman–Crippen MR) is 82.9 cm³/mol. The molecule has 0 atom stereocenters. The van der Waals surface area contributed by atoms with Crippen molar-refractivity contribution in [3.05, 3.63) is 75.9 Å². The normalized spacial score (nSPS) is 12.0. The number of nitrogens with one attached hydrogen (secondary N) is 1. The molecule has 0 aliphatic heterocycles. The summed E-state index contributed by atoms with van der Waals surface area (Å²) >= 11 is 0. The number of hydrogen-bond donors (Lipinski definition) is 1. The van der Waals surface area contributed by atoms with Crippen LogP contribution in [0.3, 0.4) is 0 Å². The van der Waals surface area contributed by atoms with Crippen LogP contribution < -0.4 is 5.69 Å². The molecule has 0 radical (unpaired) electrons. The van der Waals surface area contributed by atoms with E-state index in [1.807, 2.05) is 0 Å². The maximum absolute atomic E-state index is 13.2. The largest absolute Gasteiger partial charge is 0.457 e. The van der Waals surface area contributed by atoms with Gasteiger partial charge < -0.3 is 9.40 Å². The molecule has 8 heteroatoms. The molecule has 0 amide bonds. The molecule has 0 unspecified atom stereocenters. The van der Waals surface area contributed by atoms with Crippen molar-refractivity contribution < 1.29 is 22.0 Å². The van der Waals surface area contributed by atoms with E-state index in [0.717, 1.165) is 0 Å². The van der Waals surface area contributed by atoms with Crippen LogP contribution in [0.4, 0.5) is 17.6 Å². The molecule has 128 valence electrons. The van der Waals surface area contributed by atoms with Crippen LogP contribution in [0.1, 0.15) is 17.1 Å². The van der Waals surface area contributed by atoms with Gasteiger partial charge in [0, 0.05) is 5.56 Å². The van der Waals surface area contributed by atoms with E-state index >= 15 is 0 Å². The van der Waals surface area contributed by atoms with Crippen molar-refractivity contribution in [2.75, 3.05) is 0 Å². The van der Waals surface area contributed by atoms with Crippen LogP contribution in [0.25, 0.3) is 23.5 Å². The second kappa shape index (κ2) is 6.39. The second-order valence-corrected chi connectivity index (χ2v) is 5.07. The summed E-state index contributed by atoms with van der Waals surface area (Å²) in [4.78, 5) is 16.3. The highest BCUT2D eigenvalue weighted by atomic mass is 19.4. The van der Waals surface area contributed by atoms with Crippen LogP contribution in [0.15, 0.2) is 51.7 Å². The maximum atomic E-state index is 13.2. The highest BCUT2D eigenvalue weighted by molar-refractivity contribution is 5.67. The third-order valence-electron chi connectivity index (χ3n) is 3.22. The first-order valence-corrected chi connectivity index (χ1v) is 7.04. The lowest BCUT2D eigenvalue weighted by atomic mass is 10.2. The van der Waals surface area contributed by atoms with Crippen molar-refractivity contribution in [1.29, 1.82) is 0 Å². The molecule has 0 aliphatic rings. The summed E-state index contributed by atoms with van der Waals surface area (Å²) < 4.78 is 56.7. The second-order valence-electron chi connectivity index (χ2n) is 5.07. The molecular formula is C17H10F4N2O2. The number of benzene rings is 1. The van der Waals surface area contributed by atoms with Crippen LogP contribution in [0.2, 0.25) is 0 Å². The van der Waals surface area contributed by atoms with E-state index in [2.05, 4.69) is 4.98 Å². The van der Waals surface area contributed by atoms with Gasteiger partial charge in [-0.3, -0.25) is 0 Å². The molecule has 0 aliphatic carbocycles. The fourth-order valence-corrected chi connectivity index (χ4v) is 2.12. The minimum absolute atomic E-state index is 0.167. The Morgan fingerprint density at radius 1 is 1.08 bits per heavy atom. The summed E-state index contributed by atoms with van der Waals surface area (Å²) in [5, 5.41) is 0. The zero-order chi connectivity index (χ0) is 18.0. The Hall–Kier alpha value is -3.16. The molecule has 0 spiro atoms. The fraction of sp³-hybridized carbons (Fsp3) is 0.0588. The minimum Gasteiger partial charge on any atom is -0.457 e. The lowest BCUT2D eigenvalue weighted by Crippen LogP contribution is -2.19. The van der Waals surface area contributed by atoms with Crippen LogP contribution >= 0.6 is 0 Å². The SMILES string of the molecule is O=c1nc(/C=C/c2ccc(-c3cccc(F)c3)o2)cc(C(F)(F)F)[nH]1. The number of halogens is 4. The maximum Gasteiger partial charge on any atom is 0.431 e. The zero-order valence-corrected chi connectivity index (χ0v) is 12.5. The molecule has 0 bridgehead atoms. The molecule has 1 aromatic carbocycles. The summed E-state index contributed by atoms with van der Waals surface area (Å²) in [6.07, 6.45) is -2.09. The summed E-state index contributed by atoms with van der Waals surface area (Å²) in [5.41, 5.74) is -1.94. The summed E-state index contributed by atoms with van der Waals surface area (Å²) in [7, 11) is 0. The van der Waals surface area contributed by atoms with E-state index in [1.54, 1.807) is 23.2 Å². The molecule has 4 nitrogen and oxygen atoms in total. The van der Waals surface area contributed by atoms with E-state index in [9.17, 15) is 22.4 Å². The van der Waals surface area contributed by atoms with Crippen molar-refractivity contribution in [1.82, 2.24) is 9.97 Å². The average Bonchev–Trinajstić information content (AvgIpc) is 3.01. The quantitative estimate of drug-likeness (QED) is 0.714. The molecule has 3 rings (SSSR count). The summed E-state index contributed by atoms with van der Waals surface area (Å²) in [5.74, 6) is 0.294. The summed E-state index contributed by atoms with van der Waals surface area (Å²) in [6.45, 7) is 0. The van der Waals surface area contributed by atoms with Crippen molar-refractivity contribution in [2.45, 2.75) is 6.18 Å². The first-order valence-electron chi connectivity index (χ1n) is 7.04. The smallest absolute Gasteiger partial charge is 0.431 e. The number of furan rings is 1. The average molecular weight is 350 g/mol. The van der Waals surface area contributed by atoms with Crippen molar-refractivity contribution in [3.8, 4) is 11.3 Å². The van der Waals surface area contributed by atoms with E-state index in [-0.39, 0.29) is 5.69 Å². The minimum atomic E-state index is -4.68. The number of rotatable bonds is 3. The number of alkyl halides is 3. The predicted octanol–water partition coefficient (Wildman–Crippen LogP) is 4.36. The Kier molecular flexibility index (Phi) is 4.26. The van der Waals surface area contributed by atoms with Crippen LogP contribution in [-0.2, 0) is 6.18 Å². The first-order chi connectivity index (χ1) is 11.8. The highest BCUT2D eigenvalue weighted by Gasteiger charge is 2.32. The Morgan fingerprint density at radius 3 is 2.60 bits per heavy atom. The Morgan fingerprint density at radius 2 is 1.88 bits per heavy atom. The Balaban J connectivity index is 1.86. The monoisotopic (exact) mass is 350 g/mol. The van der Waals surface area contributed by atoms with E-state index < -0.39 is 23.4 Å². The molecule has 0 saturated carbocycles. The van der Waals surface area contributed by atoms with Gasteiger partial charge in [-0.25, -0.2) is 9.18 Å². The number of hydrogen-bond acceptors (Lipinski definition) is 3. The van der Waals surface area contributed by atoms with Crippen molar-refractivity contribution in [2.24, 2.45) is 0 Å².